The summed E-state index contributed by atoms with van der Waals surface area (Å²) in [5.41, 5.74) is 1.17. The summed E-state index contributed by atoms with van der Waals surface area (Å²) >= 11 is 5.92. The molecule has 1 aromatic heterocycles. The molecule has 3 aromatic carbocycles. The van der Waals surface area contributed by atoms with Crippen molar-refractivity contribution in [3.63, 3.8) is 0 Å². The van der Waals surface area contributed by atoms with E-state index in [1.165, 1.54) is 24.3 Å². The molecule has 0 bridgehead atoms. The molecule has 4 rings (SSSR count). The molecular formula is C23H19ClN2O5S. The predicted molar refractivity (Wildman–Crippen MR) is 122 cm³/mol. The molecule has 7 nitrogen and oxygen atoms in total. The monoisotopic (exact) mass is 470 g/mol. The van der Waals surface area contributed by atoms with Crippen LogP contribution in [0.1, 0.15) is 0 Å². The Morgan fingerprint density at radius 2 is 1.59 bits per heavy atom. The molecule has 0 unspecified atom stereocenters. The van der Waals surface area contributed by atoms with Crippen molar-refractivity contribution in [1.29, 1.82) is 0 Å². The minimum atomic E-state index is -4.00. The quantitative estimate of drug-likeness (QED) is 0.376. The second-order valence-electron chi connectivity index (χ2n) is 6.70. The Hall–Kier alpha value is -3.49. The van der Waals surface area contributed by atoms with Crippen LogP contribution < -0.4 is 14.8 Å². The summed E-state index contributed by atoms with van der Waals surface area (Å²) in [4.78, 5) is 4.37. The Balaban J connectivity index is 1.82. The van der Waals surface area contributed by atoms with E-state index in [0.29, 0.717) is 27.8 Å². The van der Waals surface area contributed by atoms with Crippen molar-refractivity contribution in [2.24, 2.45) is 0 Å². The van der Waals surface area contributed by atoms with Gasteiger partial charge < -0.3 is 19.2 Å². The van der Waals surface area contributed by atoms with Crippen molar-refractivity contribution in [2.75, 3.05) is 19.5 Å². The smallest absolute Gasteiger partial charge is 0.238 e. The number of nitrogens with one attached hydrogen (secondary N) is 1. The van der Waals surface area contributed by atoms with Gasteiger partial charge in [-0.1, -0.05) is 17.7 Å². The minimum absolute atomic E-state index is 0.0148. The molecule has 32 heavy (non-hydrogen) atoms. The molecule has 9 heteroatoms. The van der Waals surface area contributed by atoms with Crippen LogP contribution in [0.25, 0.3) is 11.5 Å². The zero-order chi connectivity index (χ0) is 22.7. The number of benzene rings is 3. The largest absolute Gasteiger partial charge is 0.497 e. The summed E-state index contributed by atoms with van der Waals surface area (Å²) in [7, 11) is -0.894. The number of halogens is 1. The number of methoxy groups -OCH3 is 2. The van der Waals surface area contributed by atoms with Gasteiger partial charge in [0.15, 0.2) is 0 Å². The standard InChI is InChI=1S/C23H19ClN2O5S/c1-29-18-10-6-15(7-11-18)21-26-23(32(27,28)20-12-8-16(24)9-13-20)22(31-21)25-17-4-3-5-19(14-17)30-2/h3-14,25H,1-2H3. The highest BCUT2D eigenvalue weighted by Crippen LogP contribution is 2.35. The van der Waals surface area contributed by atoms with E-state index >= 15 is 0 Å². The predicted octanol–water partition coefficient (Wildman–Crippen LogP) is 5.59. The summed E-state index contributed by atoms with van der Waals surface area (Å²) in [5, 5.41) is 3.19. The van der Waals surface area contributed by atoms with Crippen molar-refractivity contribution < 1.29 is 22.3 Å². The maximum atomic E-state index is 13.4. The number of rotatable bonds is 7. The lowest BCUT2D eigenvalue weighted by atomic mass is 10.2. The van der Waals surface area contributed by atoms with Crippen LogP contribution in [0.4, 0.5) is 11.6 Å². The third-order valence-corrected chi connectivity index (χ3v) is 6.57. The van der Waals surface area contributed by atoms with Gasteiger partial charge in [0, 0.05) is 22.3 Å². The third kappa shape index (κ3) is 4.42. The highest BCUT2D eigenvalue weighted by atomic mass is 35.5. The highest BCUT2D eigenvalue weighted by molar-refractivity contribution is 7.91. The second-order valence-corrected chi connectivity index (χ2v) is 9.00. The van der Waals surface area contributed by atoms with Gasteiger partial charge >= 0.3 is 0 Å². The van der Waals surface area contributed by atoms with Crippen LogP contribution in [0.15, 0.2) is 87.1 Å². The van der Waals surface area contributed by atoms with Crippen molar-refractivity contribution in [3.8, 4) is 23.0 Å². The number of nitrogens with zero attached hydrogens (tertiary/aromatic N) is 1. The molecule has 0 aliphatic carbocycles. The maximum Gasteiger partial charge on any atom is 0.238 e. The molecular weight excluding hydrogens is 452 g/mol. The Kier molecular flexibility index (Phi) is 6.07. The van der Waals surface area contributed by atoms with Crippen LogP contribution in [0.2, 0.25) is 5.02 Å². The van der Waals surface area contributed by atoms with E-state index in [0.717, 1.165) is 0 Å². The summed E-state index contributed by atoms with van der Waals surface area (Å²) in [6.07, 6.45) is 0. The Morgan fingerprint density at radius 1 is 0.906 bits per heavy atom. The highest BCUT2D eigenvalue weighted by Gasteiger charge is 2.29. The molecule has 0 radical (unpaired) electrons. The fraction of sp³-hybridized carbons (Fsp3) is 0.0870. The van der Waals surface area contributed by atoms with Gasteiger partial charge in [-0.25, -0.2) is 8.42 Å². The number of hydrogen-bond acceptors (Lipinski definition) is 7. The van der Waals surface area contributed by atoms with Crippen LogP contribution in [0, 0.1) is 0 Å². The second kappa shape index (κ2) is 8.94. The molecule has 4 aromatic rings. The average Bonchev–Trinajstić information content (AvgIpc) is 3.24. The third-order valence-electron chi connectivity index (χ3n) is 4.64. The summed E-state index contributed by atoms with van der Waals surface area (Å²) in [6, 6.07) is 19.8. The first-order valence-corrected chi connectivity index (χ1v) is 11.3. The van der Waals surface area contributed by atoms with Crippen LogP contribution in [0.5, 0.6) is 11.5 Å². The van der Waals surface area contributed by atoms with Crippen molar-refractivity contribution in [3.05, 3.63) is 77.8 Å². The van der Waals surface area contributed by atoms with Gasteiger partial charge in [-0.15, -0.1) is 0 Å². The van der Waals surface area contributed by atoms with Crippen LogP contribution in [-0.2, 0) is 9.84 Å². The normalized spacial score (nSPS) is 11.2. The van der Waals surface area contributed by atoms with Crippen LogP contribution in [0.3, 0.4) is 0 Å². The number of aromatic nitrogens is 1. The number of ether oxygens (including phenoxy) is 2. The molecule has 0 amide bonds. The molecule has 0 aliphatic rings. The maximum absolute atomic E-state index is 13.4. The van der Waals surface area contributed by atoms with E-state index in [1.54, 1.807) is 62.8 Å². The van der Waals surface area contributed by atoms with E-state index in [4.69, 9.17) is 25.5 Å². The van der Waals surface area contributed by atoms with Gasteiger partial charge in [0.2, 0.25) is 26.6 Å². The lowest BCUT2D eigenvalue weighted by Gasteiger charge is -2.07. The molecule has 0 fully saturated rings. The van der Waals surface area contributed by atoms with E-state index in [1.807, 2.05) is 0 Å². The summed E-state index contributed by atoms with van der Waals surface area (Å²) in [6.45, 7) is 0. The van der Waals surface area contributed by atoms with Gasteiger partial charge in [-0.3, -0.25) is 0 Å². The van der Waals surface area contributed by atoms with E-state index < -0.39 is 9.84 Å². The molecule has 0 saturated heterocycles. The molecule has 0 atom stereocenters. The molecule has 1 N–H and O–H groups in total. The Labute approximate surface area is 190 Å². The first kappa shape index (κ1) is 21.7. The lowest BCUT2D eigenvalue weighted by Crippen LogP contribution is -2.05. The fourth-order valence-electron chi connectivity index (χ4n) is 2.98. The number of sulfone groups is 1. The first-order valence-electron chi connectivity index (χ1n) is 9.47. The Bertz CT molecular complexity index is 1330. The average molecular weight is 471 g/mol. The van der Waals surface area contributed by atoms with Crippen molar-refractivity contribution in [2.45, 2.75) is 9.92 Å². The topological polar surface area (TPSA) is 90.7 Å². The molecule has 0 spiro atoms. The minimum Gasteiger partial charge on any atom is -0.497 e. The summed E-state index contributed by atoms with van der Waals surface area (Å²) < 4.78 is 43.0. The van der Waals surface area contributed by atoms with Crippen LogP contribution >= 0.6 is 11.6 Å². The molecule has 164 valence electrons. The van der Waals surface area contributed by atoms with Crippen molar-refractivity contribution in [1.82, 2.24) is 4.98 Å². The van der Waals surface area contributed by atoms with Gasteiger partial charge in [-0.2, -0.15) is 4.98 Å². The molecule has 1 heterocycles. The van der Waals surface area contributed by atoms with E-state index in [-0.39, 0.29) is 21.7 Å². The van der Waals surface area contributed by atoms with Gasteiger partial charge in [0.05, 0.1) is 19.1 Å². The van der Waals surface area contributed by atoms with E-state index in [2.05, 4.69) is 10.3 Å². The van der Waals surface area contributed by atoms with Crippen molar-refractivity contribution >= 4 is 33.0 Å². The van der Waals surface area contributed by atoms with Gasteiger partial charge in [0.25, 0.3) is 0 Å². The van der Waals surface area contributed by atoms with Crippen LogP contribution in [-0.4, -0.2) is 27.6 Å². The van der Waals surface area contributed by atoms with Gasteiger partial charge in [-0.05, 0) is 60.7 Å². The van der Waals surface area contributed by atoms with Gasteiger partial charge in [0.1, 0.15) is 11.5 Å². The lowest BCUT2D eigenvalue weighted by molar-refractivity contribution is 0.415. The SMILES string of the molecule is COc1ccc(-c2nc(S(=O)(=O)c3ccc(Cl)cc3)c(Nc3cccc(OC)c3)o2)cc1. The number of anilines is 2. The summed E-state index contributed by atoms with van der Waals surface area (Å²) in [5.74, 6) is 1.39. The molecule has 0 saturated carbocycles. The molecule has 0 aliphatic heterocycles. The number of oxazole rings is 1. The fourth-order valence-corrected chi connectivity index (χ4v) is 4.37. The zero-order valence-electron chi connectivity index (χ0n) is 17.2. The van der Waals surface area contributed by atoms with E-state index in [9.17, 15) is 8.42 Å². The number of hydrogen-bond donors (Lipinski definition) is 1. The first-order chi connectivity index (χ1) is 15.4. The Morgan fingerprint density at radius 3 is 2.25 bits per heavy atom. The zero-order valence-corrected chi connectivity index (χ0v) is 18.8.